The van der Waals surface area contributed by atoms with Crippen molar-refractivity contribution in [3.05, 3.63) is 95.1 Å². The first-order valence-electron chi connectivity index (χ1n) is 12.7. The predicted octanol–water partition coefficient (Wildman–Crippen LogP) is 4.73. The molecule has 7 heteroatoms. The highest BCUT2D eigenvalue weighted by atomic mass is 16.5. The molecule has 1 N–H and O–H groups in total. The Balaban J connectivity index is 1.38. The van der Waals surface area contributed by atoms with Crippen LogP contribution in [0.4, 0.5) is 5.69 Å². The van der Waals surface area contributed by atoms with Crippen molar-refractivity contribution in [3.63, 3.8) is 0 Å². The van der Waals surface area contributed by atoms with E-state index in [1.165, 1.54) is 0 Å². The van der Waals surface area contributed by atoms with Gasteiger partial charge in [0.25, 0.3) is 11.8 Å². The van der Waals surface area contributed by atoms with Crippen molar-refractivity contribution < 1.29 is 19.1 Å². The highest BCUT2D eigenvalue weighted by Gasteiger charge is 2.41. The first-order valence-corrected chi connectivity index (χ1v) is 12.7. The maximum atomic E-state index is 13.6. The average Bonchev–Trinajstić information content (AvgIpc) is 3.41. The number of fused-ring (bicyclic) bond motifs is 2. The Bertz CT molecular complexity index is 1320. The number of anilines is 1. The number of hydrogen-bond acceptors (Lipinski definition) is 4. The number of benzene rings is 3. The summed E-state index contributed by atoms with van der Waals surface area (Å²) in [6.45, 7) is 2.91. The zero-order valence-corrected chi connectivity index (χ0v) is 21.1. The number of para-hydroxylation sites is 1. The minimum Gasteiger partial charge on any atom is -0.497 e. The molecule has 2 aliphatic heterocycles. The summed E-state index contributed by atoms with van der Waals surface area (Å²) in [7, 11) is 1.63. The molecule has 0 aliphatic carbocycles. The van der Waals surface area contributed by atoms with Gasteiger partial charge in [0.15, 0.2) is 0 Å². The molecule has 190 valence electrons. The van der Waals surface area contributed by atoms with Crippen LogP contribution in [-0.2, 0) is 11.3 Å². The first-order chi connectivity index (χ1) is 18.0. The highest BCUT2D eigenvalue weighted by Crippen LogP contribution is 2.33. The van der Waals surface area contributed by atoms with Crippen molar-refractivity contribution in [2.75, 3.05) is 18.6 Å². The van der Waals surface area contributed by atoms with Gasteiger partial charge in [0.1, 0.15) is 11.8 Å². The number of hydrogen-bond donors (Lipinski definition) is 1. The second-order valence-electron chi connectivity index (χ2n) is 9.51. The van der Waals surface area contributed by atoms with E-state index in [9.17, 15) is 14.4 Å². The lowest BCUT2D eigenvalue weighted by Gasteiger charge is -2.26. The molecule has 3 amide bonds. The largest absolute Gasteiger partial charge is 0.497 e. The third-order valence-electron chi connectivity index (χ3n) is 7.25. The Labute approximate surface area is 217 Å². The van der Waals surface area contributed by atoms with Gasteiger partial charge < -0.3 is 19.9 Å². The molecule has 3 aromatic rings. The van der Waals surface area contributed by atoms with Crippen molar-refractivity contribution in [3.8, 4) is 5.75 Å². The van der Waals surface area contributed by atoms with E-state index < -0.39 is 6.04 Å². The maximum Gasteiger partial charge on any atom is 0.256 e. The summed E-state index contributed by atoms with van der Waals surface area (Å²) in [5.74, 6) is 0.427. The molecule has 0 spiro atoms. The van der Waals surface area contributed by atoms with Gasteiger partial charge in [-0.1, -0.05) is 43.3 Å². The van der Waals surface area contributed by atoms with Crippen LogP contribution < -0.4 is 15.0 Å². The van der Waals surface area contributed by atoms with Crippen molar-refractivity contribution in [2.45, 2.75) is 44.8 Å². The van der Waals surface area contributed by atoms with Crippen LogP contribution in [0, 0.1) is 0 Å². The number of nitrogens with one attached hydrogen (secondary N) is 1. The van der Waals surface area contributed by atoms with Gasteiger partial charge in [-0.15, -0.1) is 0 Å². The third-order valence-corrected chi connectivity index (χ3v) is 7.25. The van der Waals surface area contributed by atoms with Crippen molar-refractivity contribution >= 4 is 23.4 Å². The lowest BCUT2D eigenvalue weighted by Crippen LogP contribution is -2.44. The number of ether oxygens (including phenoxy) is 1. The number of nitrogens with zero attached hydrogens (tertiary/aromatic N) is 2. The second kappa shape index (κ2) is 10.5. The quantitative estimate of drug-likeness (QED) is 0.512. The summed E-state index contributed by atoms with van der Waals surface area (Å²) in [5.41, 5.74) is 3.52. The Morgan fingerprint density at radius 3 is 2.59 bits per heavy atom. The molecule has 0 saturated carbocycles. The summed E-state index contributed by atoms with van der Waals surface area (Å²) < 4.78 is 5.24. The van der Waals surface area contributed by atoms with Crippen LogP contribution in [0.2, 0.25) is 0 Å². The van der Waals surface area contributed by atoms with E-state index in [0.717, 1.165) is 29.7 Å². The summed E-state index contributed by atoms with van der Waals surface area (Å²) in [5, 5.41) is 3.13. The van der Waals surface area contributed by atoms with Crippen molar-refractivity contribution in [2.24, 2.45) is 0 Å². The minimum atomic E-state index is -0.443. The van der Waals surface area contributed by atoms with Gasteiger partial charge in [-0.3, -0.25) is 14.4 Å². The first kappa shape index (κ1) is 24.6. The third kappa shape index (κ3) is 4.81. The molecular weight excluding hydrogens is 466 g/mol. The van der Waals surface area contributed by atoms with E-state index in [2.05, 4.69) is 5.32 Å². The smallest absolute Gasteiger partial charge is 0.256 e. The maximum absolute atomic E-state index is 13.6. The van der Waals surface area contributed by atoms with Gasteiger partial charge >= 0.3 is 0 Å². The predicted molar refractivity (Wildman–Crippen MR) is 142 cm³/mol. The Kier molecular flexibility index (Phi) is 6.95. The van der Waals surface area contributed by atoms with E-state index in [1.807, 2.05) is 67.6 Å². The van der Waals surface area contributed by atoms with Crippen molar-refractivity contribution in [1.29, 1.82) is 0 Å². The molecule has 2 heterocycles. The molecule has 3 aromatic carbocycles. The fourth-order valence-corrected chi connectivity index (χ4v) is 5.27. The highest BCUT2D eigenvalue weighted by molar-refractivity contribution is 6.11. The van der Waals surface area contributed by atoms with Crippen LogP contribution in [-0.4, -0.2) is 42.3 Å². The molecule has 0 unspecified atom stereocenters. The van der Waals surface area contributed by atoms with E-state index in [1.54, 1.807) is 29.0 Å². The fourth-order valence-electron chi connectivity index (χ4n) is 5.27. The molecule has 5 rings (SSSR count). The summed E-state index contributed by atoms with van der Waals surface area (Å²) in [6, 6.07) is 21.7. The lowest BCUT2D eigenvalue weighted by atomic mass is 10.0. The molecule has 1 fully saturated rings. The Morgan fingerprint density at radius 1 is 1.05 bits per heavy atom. The number of amides is 3. The van der Waals surface area contributed by atoms with Gasteiger partial charge in [0.2, 0.25) is 5.91 Å². The molecule has 37 heavy (non-hydrogen) atoms. The monoisotopic (exact) mass is 497 g/mol. The molecule has 7 nitrogen and oxygen atoms in total. The van der Waals surface area contributed by atoms with Crippen LogP contribution in [0.5, 0.6) is 5.75 Å². The van der Waals surface area contributed by atoms with Gasteiger partial charge in [-0.25, -0.2) is 0 Å². The molecular formula is C30H31N3O4. The van der Waals surface area contributed by atoms with Crippen LogP contribution in [0.15, 0.2) is 72.8 Å². The van der Waals surface area contributed by atoms with Crippen LogP contribution in [0.1, 0.15) is 64.1 Å². The Morgan fingerprint density at radius 2 is 1.84 bits per heavy atom. The zero-order valence-electron chi connectivity index (χ0n) is 21.1. The number of rotatable bonds is 7. The van der Waals surface area contributed by atoms with Crippen LogP contribution >= 0.6 is 0 Å². The second-order valence-corrected chi connectivity index (χ2v) is 9.51. The summed E-state index contributed by atoms with van der Waals surface area (Å²) >= 11 is 0. The molecule has 0 aromatic heterocycles. The minimum absolute atomic E-state index is 0.0730. The summed E-state index contributed by atoms with van der Waals surface area (Å²) in [4.78, 5) is 43.4. The molecule has 0 bridgehead atoms. The van der Waals surface area contributed by atoms with Gasteiger partial charge in [0.05, 0.1) is 30.9 Å². The van der Waals surface area contributed by atoms with Crippen LogP contribution in [0.25, 0.3) is 0 Å². The molecule has 0 radical (unpaired) electrons. The van der Waals surface area contributed by atoms with Gasteiger partial charge in [-0.2, -0.15) is 0 Å². The van der Waals surface area contributed by atoms with Crippen molar-refractivity contribution in [1.82, 2.24) is 10.2 Å². The topological polar surface area (TPSA) is 79.0 Å². The molecule has 1 saturated heterocycles. The number of carbonyl (C=O) groups is 3. The van der Waals surface area contributed by atoms with Gasteiger partial charge in [-0.05, 0) is 66.8 Å². The Hall–Kier alpha value is -4.13. The van der Waals surface area contributed by atoms with Crippen LogP contribution in [0.3, 0.4) is 0 Å². The average molecular weight is 498 g/mol. The standard InChI is InChI=1S/C30H31N3O4/c1-3-25(21-13-15-23(37-2)16-14-21)31-28(34)22-9-6-8-20(18-22)19-33-26-11-5-4-10-24(26)29(35)32-17-7-12-27(32)30(33)36/h4-6,8-11,13-16,18,25,27H,3,7,12,17,19H2,1-2H3,(H,31,34)/t25-,27+/m1/s1. The SMILES string of the molecule is CC[C@@H](NC(=O)c1cccc(CN2C(=O)[C@@H]3CCCN3C(=O)c3ccccc32)c1)c1ccc(OC)cc1. The number of methoxy groups -OCH3 is 1. The zero-order chi connectivity index (χ0) is 25.9. The normalized spacial score (nSPS) is 17.6. The number of carbonyl (C=O) groups excluding carboxylic acids is 3. The molecule has 2 aliphatic rings. The summed E-state index contributed by atoms with van der Waals surface area (Å²) in [6.07, 6.45) is 2.23. The van der Waals surface area contributed by atoms with E-state index in [4.69, 9.17) is 4.74 Å². The van der Waals surface area contributed by atoms with E-state index in [0.29, 0.717) is 29.8 Å². The van der Waals surface area contributed by atoms with E-state index >= 15 is 0 Å². The van der Waals surface area contributed by atoms with Gasteiger partial charge in [0, 0.05) is 12.1 Å². The molecule has 2 atom stereocenters. The van der Waals surface area contributed by atoms with E-state index in [-0.39, 0.29) is 30.3 Å². The fraction of sp³-hybridized carbons (Fsp3) is 0.300. The lowest BCUT2D eigenvalue weighted by molar-refractivity contribution is -0.122.